The summed E-state index contributed by atoms with van der Waals surface area (Å²) in [6.07, 6.45) is 0.399. The fourth-order valence-electron chi connectivity index (χ4n) is 1.57. The van der Waals surface area contributed by atoms with Gasteiger partial charge in [-0.3, -0.25) is 4.79 Å². The standard InChI is InChI=1S/C13H17N3O4/c1-14-11(17)8-16-13(20)15-7-6-9-4-2-3-5-10(9)12(18)19/h2-5H,6-8H2,1H3,(H,14,17)(H,18,19)(H2,15,16,20). The largest absolute Gasteiger partial charge is 0.478 e. The van der Waals surface area contributed by atoms with E-state index in [0.717, 1.165) is 0 Å². The summed E-state index contributed by atoms with van der Waals surface area (Å²) in [7, 11) is 1.48. The molecule has 0 saturated heterocycles. The first-order chi connectivity index (χ1) is 9.54. The highest BCUT2D eigenvalue weighted by atomic mass is 16.4. The SMILES string of the molecule is CNC(=O)CNC(=O)NCCc1ccccc1C(=O)O. The zero-order valence-corrected chi connectivity index (χ0v) is 11.1. The van der Waals surface area contributed by atoms with Crippen LogP contribution >= 0.6 is 0 Å². The summed E-state index contributed by atoms with van der Waals surface area (Å²) in [4.78, 5) is 33.3. The van der Waals surface area contributed by atoms with E-state index in [2.05, 4.69) is 16.0 Å². The van der Waals surface area contributed by atoms with Crippen LogP contribution in [0, 0.1) is 0 Å². The van der Waals surface area contributed by atoms with E-state index >= 15 is 0 Å². The van der Waals surface area contributed by atoms with Gasteiger partial charge in [0, 0.05) is 13.6 Å². The minimum atomic E-state index is -0.996. The van der Waals surface area contributed by atoms with Gasteiger partial charge in [-0.15, -0.1) is 0 Å². The number of aromatic carboxylic acids is 1. The molecular weight excluding hydrogens is 262 g/mol. The molecule has 7 heteroatoms. The maximum Gasteiger partial charge on any atom is 0.335 e. The fraction of sp³-hybridized carbons (Fsp3) is 0.308. The van der Waals surface area contributed by atoms with Crippen molar-refractivity contribution < 1.29 is 19.5 Å². The second-order valence-electron chi connectivity index (χ2n) is 3.99. The zero-order valence-electron chi connectivity index (χ0n) is 11.1. The van der Waals surface area contributed by atoms with Crippen molar-refractivity contribution in [2.75, 3.05) is 20.1 Å². The van der Waals surface area contributed by atoms with Gasteiger partial charge in [0.2, 0.25) is 5.91 Å². The normalized spacial score (nSPS) is 9.65. The van der Waals surface area contributed by atoms with Crippen LogP contribution in [0.4, 0.5) is 4.79 Å². The van der Waals surface area contributed by atoms with Crippen LogP contribution in [0.5, 0.6) is 0 Å². The van der Waals surface area contributed by atoms with Crippen molar-refractivity contribution in [3.63, 3.8) is 0 Å². The summed E-state index contributed by atoms with van der Waals surface area (Å²) in [5.74, 6) is -1.29. The van der Waals surface area contributed by atoms with Gasteiger partial charge in [-0.25, -0.2) is 9.59 Å². The molecule has 0 atom stereocenters. The predicted octanol–water partition coefficient (Wildman–Crippen LogP) is -0.0275. The second-order valence-corrected chi connectivity index (χ2v) is 3.99. The summed E-state index contributed by atoms with van der Waals surface area (Å²) in [5, 5.41) is 16.3. The zero-order chi connectivity index (χ0) is 15.0. The van der Waals surface area contributed by atoms with Crippen molar-refractivity contribution in [3.05, 3.63) is 35.4 Å². The van der Waals surface area contributed by atoms with E-state index in [1.165, 1.54) is 13.1 Å². The molecule has 0 spiro atoms. The molecule has 0 fully saturated rings. The molecule has 20 heavy (non-hydrogen) atoms. The third-order valence-electron chi connectivity index (χ3n) is 2.62. The average Bonchev–Trinajstić information content (AvgIpc) is 2.45. The molecule has 0 aromatic heterocycles. The summed E-state index contributed by atoms with van der Waals surface area (Å²) < 4.78 is 0. The minimum Gasteiger partial charge on any atom is -0.478 e. The number of nitrogens with one attached hydrogen (secondary N) is 3. The predicted molar refractivity (Wildman–Crippen MR) is 72.6 cm³/mol. The first-order valence-corrected chi connectivity index (χ1v) is 6.08. The number of carboxylic acids is 1. The van der Waals surface area contributed by atoms with Gasteiger partial charge in [-0.05, 0) is 18.1 Å². The highest BCUT2D eigenvalue weighted by molar-refractivity contribution is 5.89. The average molecular weight is 279 g/mol. The molecule has 7 nitrogen and oxygen atoms in total. The lowest BCUT2D eigenvalue weighted by molar-refractivity contribution is -0.119. The van der Waals surface area contributed by atoms with Gasteiger partial charge in [0.1, 0.15) is 0 Å². The van der Waals surface area contributed by atoms with Crippen molar-refractivity contribution >= 4 is 17.9 Å². The number of hydrogen-bond acceptors (Lipinski definition) is 3. The Balaban J connectivity index is 2.39. The number of rotatable bonds is 6. The quantitative estimate of drug-likeness (QED) is 0.586. The molecule has 108 valence electrons. The van der Waals surface area contributed by atoms with Crippen molar-refractivity contribution in [1.82, 2.24) is 16.0 Å². The molecule has 0 aliphatic carbocycles. The molecule has 0 heterocycles. The Morgan fingerprint density at radius 1 is 1.15 bits per heavy atom. The van der Waals surface area contributed by atoms with Crippen molar-refractivity contribution in [1.29, 1.82) is 0 Å². The Labute approximate surface area is 116 Å². The minimum absolute atomic E-state index is 0.103. The number of benzene rings is 1. The number of hydrogen-bond donors (Lipinski definition) is 4. The van der Waals surface area contributed by atoms with Crippen molar-refractivity contribution in [2.24, 2.45) is 0 Å². The monoisotopic (exact) mass is 279 g/mol. The fourth-order valence-corrected chi connectivity index (χ4v) is 1.57. The highest BCUT2D eigenvalue weighted by Gasteiger charge is 2.09. The van der Waals surface area contributed by atoms with Gasteiger partial charge in [0.25, 0.3) is 0 Å². The van der Waals surface area contributed by atoms with Crippen molar-refractivity contribution in [3.8, 4) is 0 Å². The van der Waals surface area contributed by atoms with Gasteiger partial charge < -0.3 is 21.1 Å². The number of carbonyl (C=O) groups excluding carboxylic acids is 2. The van der Waals surface area contributed by atoms with Crippen LogP contribution in [-0.4, -0.2) is 43.2 Å². The highest BCUT2D eigenvalue weighted by Crippen LogP contribution is 2.08. The summed E-state index contributed by atoms with van der Waals surface area (Å²) in [5.41, 5.74) is 0.867. The molecule has 0 aliphatic heterocycles. The van der Waals surface area contributed by atoms with Gasteiger partial charge >= 0.3 is 12.0 Å². The smallest absolute Gasteiger partial charge is 0.335 e. The lowest BCUT2D eigenvalue weighted by Crippen LogP contribution is -2.41. The summed E-state index contributed by atoms with van der Waals surface area (Å²) in [6, 6.07) is 6.14. The van der Waals surface area contributed by atoms with Crippen LogP contribution in [0.2, 0.25) is 0 Å². The van der Waals surface area contributed by atoms with E-state index in [-0.39, 0.29) is 24.6 Å². The topological polar surface area (TPSA) is 108 Å². The molecule has 1 rings (SSSR count). The maximum absolute atomic E-state index is 11.4. The molecule has 0 radical (unpaired) electrons. The van der Waals surface area contributed by atoms with Crippen molar-refractivity contribution in [2.45, 2.75) is 6.42 Å². The number of carbonyl (C=O) groups is 3. The molecular formula is C13H17N3O4. The number of likely N-dealkylation sites (N-methyl/N-ethyl adjacent to an activating group) is 1. The first kappa shape index (κ1) is 15.5. The van der Waals surface area contributed by atoms with Gasteiger partial charge in [-0.2, -0.15) is 0 Å². The van der Waals surface area contributed by atoms with Crippen LogP contribution in [-0.2, 0) is 11.2 Å². The van der Waals surface area contributed by atoms with E-state index in [1.54, 1.807) is 18.2 Å². The molecule has 0 unspecified atom stereocenters. The molecule has 0 saturated carbocycles. The third-order valence-corrected chi connectivity index (χ3v) is 2.62. The van der Waals surface area contributed by atoms with E-state index < -0.39 is 12.0 Å². The van der Waals surface area contributed by atoms with Gasteiger partial charge in [-0.1, -0.05) is 18.2 Å². The van der Waals surface area contributed by atoms with Crippen LogP contribution in [0.25, 0.3) is 0 Å². The van der Waals surface area contributed by atoms with Crippen LogP contribution in [0.3, 0.4) is 0 Å². The van der Waals surface area contributed by atoms with Crippen LogP contribution in [0.1, 0.15) is 15.9 Å². The number of carboxylic acid groups (broad SMARTS) is 1. The molecule has 1 aromatic carbocycles. The van der Waals surface area contributed by atoms with E-state index in [0.29, 0.717) is 12.0 Å². The summed E-state index contributed by atoms with van der Waals surface area (Å²) in [6.45, 7) is 0.178. The Bertz CT molecular complexity index is 502. The second kappa shape index (κ2) is 7.78. The Morgan fingerprint density at radius 3 is 2.50 bits per heavy atom. The van der Waals surface area contributed by atoms with Gasteiger partial charge in [0.05, 0.1) is 12.1 Å². The summed E-state index contributed by atoms with van der Waals surface area (Å²) >= 11 is 0. The first-order valence-electron chi connectivity index (χ1n) is 6.08. The Hall–Kier alpha value is -2.57. The lowest BCUT2D eigenvalue weighted by atomic mass is 10.0. The molecule has 1 aromatic rings. The number of urea groups is 1. The van der Waals surface area contributed by atoms with Crippen LogP contribution < -0.4 is 16.0 Å². The molecule has 0 bridgehead atoms. The number of amides is 3. The third kappa shape index (κ3) is 4.97. The van der Waals surface area contributed by atoms with E-state index in [4.69, 9.17) is 5.11 Å². The Kier molecular flexibility index (Phi) is 6.02. The molecule has 4 N–H and O–H groups in total. The van der Waals surface area contributed by atoms with Gasteiger partial charge in [0.15, 0.2) is 0 Å². The molecule has 0 aliphatic rings. The lowest BCUT2D eigenvalue weighted by Gasteiger charge is -2.08. The van der Waals surface area contributed by atoms with E-state index in [1.807, 2.05) is 0 Å². The Morgan fingerprint density at radius 2 is 1.85 bits per heavy atom. The maximum atomic E-state index is 11.4. The van der Waals surface area contributed by atoms with Crippen LogP contribution in [0.15, 0.2) is 24.3 Å². The molecule has 3 amide bonds. The van der Waals surface area contributed by atoms with E-state index in [9.17, 15) is 14.4 Å².